The van der Waals surface area contributed by atoms with Gasteiger partial charge in [-0.05, 0) is 69.0 Å². The molecule has 2 aromatic heterocycles. The molecule has 7 nitrogen and oxygen atoms in total. The highest BCUT2D eigenvalue weighted by molar-refractivity contribution is 6.49. The highest BCUT2D eigenvalue weighted by Crippen LogP contribution is 2.28. The Morgan fingerprint density at radius 3 is 2.45 bits per heavy atom. The Morgan fingerprint density at radius 2 is 1.81 bits per heavy atom. The number of nitrogens with zero attached hydrogens (tertiary/aromatic N) is 7. The van der Waals surface area contributed by atoms with Gasteiger partial charge in [-0.2, -0.15) is 9.78 Å². The number of aryl methyl sites for hydroxylation is 1. The lowest BCUT2D eigenvalue weighted by molar-refractivity contribution is 0.684. The predicted octanol–water partition coefficient (Wildman–Crippen LogP) is 4.88. The van der Waals surface area contributed by atoms with Gasteiger partial charge >= 0.3 is 0 Å². The van der Waals surface area contributed by atoms with Gasteiger partial charge in [-0.3, -0.25) is 4.98 Å². The number of aliphatic imine (C=N–C) groups is 1. The third-order valence-electron chi connectivity index (χ3n) is 5.38. The summed E-state index contributed by atoms with van der Waals surface area (Å²) in [7, 11) is 0. The van der Waals surface area contributed by atoms with Crippen molar-refractivity contribution >= 4 is 22.8 Å². The van der Waals surface area contributed by atoms with E-state index >= 15 is 0 Å². The predicted molar refractivity (Wildman–Crippen MR) is 126 cm³/mol. The van der Waals surface area contributed by atoms with Crippen molar-refractivity contribution in [2.75, 3.05) is 18.0 Å². The molecule has 0 saturated heterocycles. The maximum atomic E-state index is 5.02. The Labute approximate surface area is 183 Å². The molecule has 7 heteroatoms. The lowest BCUT2D eigenvalue weighted by Crippen LogP contribution is -2.21. The van der Waals surface area contributed by atoms with Crippen LogP contribution in [0.4, 0.5) is 11.4 Å². The molecule has 0 unspecified atom stereocenters. The Morgan fingerprint density at radius 1 is 1.03 bits per heavy atom. The van der Waals surface area contributed by atoms with E-state index in [1.54, 1.807) is 10.9 Å². The van der Waals surface area contributed by atoms with E-state index in [0.717, 1.165) is 47.9 Å². The van der Waals surface area contributed by atoms with Crippen LogP contribution in [0.15, 0.2) is 52.7 Å². The molecule has 0 spiro atoms. The van der Waals surface area contributed by atoms with E-state index in [1.807, 2.05) is 18.2 Å². The highest BCUT2D eigenvalue weighted by atomic mass is 15.5. The first-order valence-corrected chi connectivity index (χ1v) is 10.9. The lowest BCUT2D eigenvalue weighted by atomic mass is 10.0. The van der Waals surface area contributed by atoms with Crippen LogP contribution < -0.4 is 4.90 Å². The van der Waals surface area contributed by atoms with Gasteiger partial charge in [0.05, 0.1) is 11.4 Å². The zero-order valence-corrected chi connectivity index (χ0v) is 18.9. The normalized spacial score (nSPS) is 14.3. The first kappa shape index (κ1) is 20.9. The van der Waals surface area contributed by atoms with Gasteiger partial charge in [0.15, 0.2) is 0 Å². The number of benzene rings is 1. The first-order valence-electron chi connectivity index (χ1n) is 10.9. The van der Waals surface area contributed by atoms with Crippen LogP contribution in [0.1, 0.15) is 45.5 Å². The van der Waals surface area contributed by atoms with E-state index in [9.17, 15) is 0 Å². The van der Waals surface area contributed by atoms with E-state index in [0.29, 0.717) is 17.6 Å². The second-order valence-electron chi connectivity index (χ2n) is 8.12. The molecule has 1 aliphatic rings. The van der Waals surface area contributed by atoms with Crippen molar-refractivity contribution in [2.24, 2.45) is 16.0 Å². The van der Waals surface area contributed by atoms with Gasteiger partial charge in [-0.15, -0.1) is 10.2 Å². The minimum atomic E-state index is 0.450. The molecule has 160 valence electrons. The summed E-state index contributed by atoms with van der Waals surface area (Å²) in [6.07, 6.45) is 2.57. The lowest BCUT2D eigenvalue weighted by Gasteiger charge is -2.21. The summed E-state index contributed by atoms with van der Waals surface area (Å²) in [5.74, 6) is 1.75. The number of fused-ring (bicyclic) bond motifs is 1. The minimum absolute atomic E-state index is 0.450. The van der Waals surface area contributed by atoms with E-state index in [1.165, 1.54) is 5.69 Å². The molecule has 0 N–H and O–H groups in total. The fourth-order valence-corrected chi connectivity index (χ4v) is 3.78. The number of aromatic nitrogens is 4. The number of rotatable bonds is 7. The molecule has 3 heterocycles. The van der Waals surface area contributed by atoms with Crippen molar-refractivity contribution in [3.63, 3.8) is 0 Å². The molecule has 4 rings (SSSR count). The molecule has 0 fully saturated rings. The van der Waals surface area contributed by atoms with Gasteiger partial charge < -0.3 is 4.90 Å². The summed E-state index contributed by atoms with van der Waals surface area (Å²) >= 11 is 0. The molecule has 0 amide bonds. The Hall–Kier alpha value is -3.35. The summed E-state index contributed by atoms with van der Waals surface area (Å²) in [4.78, 5) is 11.8. The van der Waals surface area contributed by atoms with Crippen LogP contribution in [0, 0.1) is 12.8 Å². The average molecular weight is 416 g/mol. The molecular weight excluding hydrogens is 386 g/mol. The molecule has 0 aliphatic carbocycles. The molecule has 0 bridgehead atoms. The monoisotopic (exact) mass is 415 g/mol. The van der Waals surface area contributed by atoms with E-state index < -0.39 is 0 Å². The van der Waals surface area contributed by atoms with E-state index in [2.05, 4.69) is 72.9 Å². The van der Waals surface area contributed by atoms with E-state index in [-0.39, 0.29) is 0 Å². The summed E-state index contributed by atoms with van der Waals surface area (Å²) in [6.45, 7) is 12.8. The topological polar surface area (TPSA) is 71.6 Å². The highest BCUT2D eigenvalue weighted by Gasteiger charge is 2.29. The van der Waals surface area contributed by atoms with Crippen molar-refractivity contribution in [3.8, 4) is 11.5 Å². The number of pyridine rings is 1. The van der Waals surface area contributed by atoms with Crippen LogP contribution >= 0.6 is 0 Å². The van der Waals surface area contributed by atoms with Gasteiger partial charge in [0.25, 0.3) is 0 Å². The molecule has 1 aliphatic heterocycles. The van der Waals surface area contributed by atoms with Crippen molar-refractivity contribution < 1.29 is 0 Å². The summed E-state index contributed by atoms with van der Waals surface area (Å²) in [6, 6.07) is 12.2. The molecule has 0 radical (unpaired) electrons. The van der Waals surface area contributed by atoms with Crippen molar-refractivity contribution in [2.45, 2.75) is 41.0 Å². The van der Waals surface area contributed by atoms with Crippen molar-refractivity contribution in [1.29, 1.82) is 0 Å². The molecule has 0 atom stereocenters. The molecule has 31 heavy (non-hydrogen) atoms. The Balaban J connectivity index is 1.77. The smallest absolute Gasteiger partial charge is 0.205 e. The third-order valence-corrected chi connectivity index (χ3v) is 5.38. The van der Waals surface area contributed by atoms with Gasteiger partial charge in [0, 0.05) is 25.0 Å². The second-order valence-corrected chi connectivity index (χ2v) is 8.12. The Bertz CT molecular complexity index is 1120. The minimum Gasteiger partial charge on any atom is -0.372 e. The van der Waals surface area contributed by atoms with Crippen LogP contribution in [0.5, 0.6) is 0 Å². The van der Waals surface area contributed by atoms with Crippen LogP contribution in [-0.2, 0) is 0 Å². The van der Waals surface area contributed by atoms with Crippen LogP contribution in [-0.4, -0.2) is 44.4 Å². The summed E-state index contributed by atoms with van der Waals surface area (Å²) in [5, 5.41) is 13.6. The van der Waals surface area contributed by atoms with Crippen LogP contribution in [0.25, 0.3) is 11.5 Å². The number of hydrogen-bond acceptors (Lipinski definition) is 6. The van der Waals surface area contributed by atoms with Crippen molar-refractivity contribution in [1.82, 2.24) is 19.9 Å². The first-order chi connectivity index (χ1) is 15.0. The molecule has 3 aromatic rings. The van der Waals surface area contributed by atoms with E-state index in [4.69, 9.17) is 10.1 Å². The van der Waals surface area contributed by atoms with Gasteiger partial charge in [0.1, 0.15) is 11.4 Å². The molecular formula is C24H29N7. The third kappa shape index (κ3) is 4.13. The standard InChI is InChI=1S/C24H29N7/c1-6-30(7-2)18-11-12-19(17(5)15-18)26-22-21(14-16(3)4)29-31-23(27-28-24(22)31)20-10-8-9-13-25-20/h8-13,15-16H,6-7,14H2,1-5H3. The fraction of sp³-hybridized carbons (Fsp3) is 0.375. The van der Waals surface area contributed by atoms with Crippen LogP contribution in [0.2, 0.25) is 0 Å². The van der Waals surface area contributed by atoms with Gasteiger partial charge in [-0.1, -0.05) is 19.9 Å². The van der Waals surface area contributed by atoms with Crippen LogP contribution in [0.3, 0.4) is 0 Å². The molecule has 0 saturated carbocycles. The largest absolute Gasteiger partial charge is 0.372 e. The summed E-state index contributed by atoms with van der Waals surface area (Å²) < 4.78 is 1.78. The zero-order chi connectivity index (χ0) is 22.0. The SMILES string of the molecule is CCN(CC)c1ccc(N=C2C(CC(C)C)=Nn3c2nnc3-c2ccccn2)c(C)c1. The molecule has 1 aromatic carbocycles. The Kier molecular flexibility index (Phi) is 5.93. The summed E-state index contributed by atoms with van der Waals surface area (Å²) in [5.41, 5.74) is 5.75. The number of anilines is 1. The zero-order valence-electron chi connectivity index (χ0n) is 18.9. The quantitative estimate of drug-likeness (QED) is 0.551. The second kappa shape index (κ2) is 8.79. The number of hydrogen-bond donors (Lipinski definition) is 0. The van der Waals surface area contributed by atoms with Crippen molar-refractivity contribution in [3.05, 3.63) is 54.0 Å². The van der Waals surface area contributed by atoms with Gasteiger partial charge in [-0.25, -0.2) is 4.99 Å². The fourth-order valence-electron chi connectivity index (χ4n) is 3.78. The van der Waals surface area contributed by atoms with Gasteiger partial charge in [0.2, 0.25) is 11.6 Å². The maximum absolute atomic E-state index is 5.02. The maximum Gasteiger partial charge on any atom is 0.205 e. The average Bonchev–Trinajstić information content (AvgIpc) is 3.31.